The van der Waals surface area contributed by atoms with Crippen LogP contribution in [0.15, 0.2) is 18.2 Å². The standard InChI is InChI=1S/C17H24F4N2.2ClH/c1-12(2)3-6-16(23-9-7-22-8-10-23)14-5-4-13(11-15(14)18)17(19,20)21;;/h4-5,11-12,16,22H,3,6-10H2,1-2H3;2*1H/t16-;;/m0../s1. The van der Waals surface area contributed by atoms with E-state index in [2.05, 4.69) is 24.1 Å². The zero-order chi connectivity index (χ0) is 17.0. The van der Waals surface area contributed by atoms with Crippen LogP contribution in [0.5, 0.6) is 0 Å². The highest BCUT2D eigenvalue weighted by Gasteiger charge is 2.32. The Labute approximate surface area is 159 Å². The average molecular weight is 405 g/mol. The van der Waals surface area contributed by atoms with Gasteiger partial charge in [0.15, 0.2) is 0 Å². The molecule has 1 aromatic carbocycles. The zero-order valence-electron chi connectivity index (χ0n) is 14.4. The number of hydrogen-bond donors (Lipinski definition) is 1. The first-order chi connectivity index (χ1) is 10.8. The Bertz CT molecular complexity index is 518. The molecule has 2 rings (SSSR count). The highest BCUT2D eigenvalue weighted by molar-refractivity contribution is 5.85. The van der Waals surface area contributed by atoms with Crippen LogP contribution < -0.4 is 5.32 Å². The molecule has 146 valence electrons. The highest BCUT2D eigenvalue weighted by atomic mass is 35.5. The van der Waals surface area contributed by atoms with E-state index in [4.69, 9.17) is 0 Å². The first-order valence-corrected chi connectivity index (χ1v) is 8.10. The minimum Gasteiger partial charge on any atom is -0.314 e. The molecule has 25 heavy (non-hydrogen) atoms. The van der Waals surface area contributed by atoms with Crippen LogP contribution in [0, 0.1) is 11.7 Å². The molecule has 1 aliphatic rings. The zero-order valence-corrected chi connectivity index (χ0v) is 16.0. The van der Waals surface area contributed by atoms with E-state index in [0.29, 0.717) is 17.5 Å². The summed E-state index contributed by atoms with van der Waals surface area (Å²) in [6, 6.07) is 2.76. The first kappa shape index (κ1) is 24.4. The van der Waals surface area contributed by atoms with Crippen LogP contribution in [-0.4, -0.2) is 31.1 Å². The molecule has 0 bridgehead atoms. The number of halogens is 6. The molecule has 0 spiro atoms. The Balaban J connectivity index is 0.00000288. The molecular weight excluding hydrogens is 379 g/mol. The summed E-state index contributed by atoms with van der Waals surface area (Å²) in [5, 5.41) is 3.25. The Morgan fingerprint density at radius 3 is 2.16 bits per heavy atom. The molecular formula is C17H26Cl2F4N2. The number of nitrogens with zero attached hydrogens (tertiary/aromatic N) is 1. The van der Waals surface area contributed by atoms with Crippen molar-refractivity contribution in [1.29, 1.82) is 0 Å². The summed E-state index contributed by atoms with van der Waals surface area (Å²) in [5.41, 5.74) is -0.553. The van der Waals surface area contributed by atoms with Crippen molar-refractivity contribution < 1.29 is 17.6 Å². The maximum absolute atomic E-state index is 14.4. The van der Waals surface area contributed by atoms with Crippen molar-refractivity contribution in [2.75, 3.05) is 26.2 Å². The van der Waals surface area contributed by atoms with Crippen LogP contribution in [0.3, 0.4) is 0 Å². The molecule has 0 saturated carbocycles. The largest absolute Gasteiger partial charge is 0.416 e. The van der Waals surface area contributed by atoms with E-state index in [9.17, 15) is 17.6 Å². The Morgan fingerprint density at radius 1 is 1.08 bits per heavy atom. The molecule has 2 nitrogen and oxygen atoms in total. The summed E-state index contributed by atoms with van der Waals surface area (Å²) < 4.78 is 52.5. The summed E-state index contributed by atoms with van der Waals surface area (Å²) in [5.74, 6) is -0.287. The second kappa shape index (κ2) is 10.6. The number of piperazine rings is 1. The molecule has 1 aromatic rings. The molecule has 1 N–H and O–H groups in total. The highest BCUT2D eigenvalue weighted by Crippen LogP contribution is 2.34. The fourth-order valence-corrected chi connectivity index (χ4v) is 2.99. The number of hydrogen-bond acceptors (Lipinski definition) is 2. The molecule has 0 aliphatic carbocycles. The van der Waals surface area contributed by atoms with Gasteiger partial charge in [0.05, 0.1) is 5.56 Å². The molecule has 1 aliphatic heterocycles. The quantitative estimate of drug-likeness (QED) is 0.689. The topological polar surface area (TPSA) is 15.3 Å². The van der Waals surface area contributed by atoms with E-state index < -0.39 is 17.6 Å². The summed E-state index contributed by atoms with van der Waals surface area (Å²) in [6.45, 7) is 7.39. The third-order valence-electron chi connectivity index (χ3n) is 4.30. The third kappa shape index (κ3) is 6.93. The lowest BCUT2D eigenvalue weighted by Gasteiger charge is -2.36. The van der Waals surface area contributed by atoms with E-state index in [1.165, 1.54) is 6.07 Å². The average Bonchev–Trinajstić information content (AvgIpc) is 2.48. The molecule has 0 amide bonds. The van der Waals surface area contributed by atoms with Gasteiger partial charge in [-0.25, -0.2) is 4.39 Å². The molecule has 0 unspecified atom stereocenters. The monoisotopic (exact) mass is 404 g/mol. The summed E-state index contributed by atoms with van der Waals surface area (Å²) in [7, 11) is 0. The van der Waals surface area contributed by atoms with E-state index in [-0.39, 0.29) is 30.9 Å². The predicted molar refractivity (Wildman–Crippen MR) is 97.2 cm³/mol. The van der Waals surface area contributed by atoms with E-state index in [1.54, 1.807) is 0 Å². The van der Waals surface area contributed by atoms with Crippen LogP contribution in [0.2, 0.25) is 0 Å². The Hall–Kier alpha value is -0.560. The third-order valence-corrected chi connectivity index (χ3v) is 4.30. The van der Waals surface area contributed by atoms with Crippen molar-refractivity contribution in [2.45, 2.75) is 38.9 Å². The van der Waals surface area contributed by atoms with Gasteiger partial charge in [0, 0.05) is 37.8 Å². The molecule has 1 saturated heterocycles. The van der Waals surface area contributed by atoms with Crippen molar-refractivity contribution in [2.24, 2.45) is 5.92 Å². The summed E-state index contributed by atoms with van der Waals surface area (Å²) >= 11 is 0. The van der Waals surface area contributed by atoms with Crippen molar-refractivity contribution in [1.82, 2.24) is 10.2 Å². The first-order valence-electron chi connectivity index (χ1n) is 8.10. The normalized spacial score (nSPS) is 16.9. The van der Waals surface area contributed by atoms with Crippen molar-refractivity contribution in [3.8, 4) is 0 Å². The van der Waals surface area contributed by atoms with Crippen molar-refractivity contribution in [3.05, 3.63) is 35.1 Å². The molecule has 0 aromatic heterocycles. The lowest BCUT2D eigenvalue weighted by molar-refractivity contribution is -0.137. The van der Waals surface area contributed by atoms with Crippen molar-refractivity contribution >= 4 is 24.8 Å². The number of rotatable bonds is 5. The molecule has 1 atom stereocenters. The van der Waals surface area contributed by atoms with Gasteiger partial charge < -0.3 is 5.32 Å². The van der Waals surface area contributed by atoms with Gasteiger partial charge in [0.1, 0.15) is 5.82 Å². The lowest BCUT2D eigenvalue weighted by Crippen LogP contribution is -2.45. The lowest BCUT2D eigenvalue weighted by atomic mass is 9.94. The van der Waals surface area contributed by atoms with E-state index >= 15 is 0 Å². The van der Waals surface area contributed by atoms with Crippen LogP contribution in [0.1, 0.15) is 43.9 Å². The SMILES string of the molecule is CC(C)CC[C@@H](c1ccc(C(F)(F)F)cc1F)N1CCNCC1.Cl.Cl. The summed E-state index contributed by atoms with van der Waals surface area (Å²) in [4.78, 5) is 2.17. The maximum Gasteiger partial charge on any atom is 0.416 e. The second-order valence-corrected chi connectivity index (χ2v) is 6.51. The molecule has 8 heteroatoms. The van der Waals surface area contributed by atoms with Crippen molar-refractivity contribution in [3.63, 3.8) is 0 Å². The van der Waals surface area contributed by atoms with Gasteiger partial charge in [-0.3, -0.25) is 4.90 Å². The van der Waals surface area contributed by atoms with Gasteiger partial charge >= 0.3 is 6.18 Å². The van der Waals surface area contributed by atoms with Crippen LogP contribution in [0.4, 0.5) is 17.6 Å². The number of benzene rings is 1. The van der Waals surface area contributed by atoms with Crippen LogP contribution in [0.25, 0.3) is 0 Å². The van der Waals surface area contributed by atoms with Gasteiger partial charge in [-0.15, -0.1) is 24.8 Å². The van der Waals surface area contributed by atoms with Gasteiger partial charge in [-0.2, -0.15) is 13.2 Å². The smallest absolute Gasteiger partial charge is 0.314 e. The van der Waals surface area contributed by atoms with Gasteiger partial charge in [-0.05, 0) is 30.9 Å². The fourth-order valence-electron chi connectivity index (χ4n) is 2.99. The van der Waals surface area contributed by atoms with E-state index in [0.717, 1.165) is 45.1 Å². The van der Waals surface area contributed by atoms with Gasteiger partial charge in [-0.1, -0.05) is 19.9 Å². The fraction of sp³-hybridized carbons (Fsp3) is 0.647. The van der Waals surface area contributed by atoms with Gasteiger partial charge in [0.25, 0.3) is 0 Å². The molecule has 0 radical (unpaired) electrons. The molecule has 1 heterocycles. The Kier molecular flexibility index (Phi) is 10.3. The molecule has 1 fully saturated rings. The summed E-state index contributed by atoms with van der Waals surface area (Å²) in [6.07, 6.45) is -2.85. The van der Waals surface area contributed by atoms with Crippen LogP contribution in [-0.2, 0) is 6.18 Å². The minimum atomic E-state index is -4.51. The van der Waals surface area contributed by atoms with E-state index in [1.807, 2.05) is 0 Å². The minimum absolute atomic E-state index is 0. The Morgan fingerprint density at radius 2 is 1.68 bits per heavy atom. The van der Waals surface area contributed by atoms with Gasteiger partial charge in [0.2, 0.25) is 0 Å². The predicted octanol–water partition coefficient (Wildman–Crippen LogP) is 5.07. The number of alkyl halides is 3. The van der Waals surface area contributed by atoms with Crippen LogP contribution >= 0.6 is 24.8 Å². The maximum atomic E-state index is 14.4. The second-order valence-electron chi connectivity index (χ2n) is 6.51. The number of nitrogens with one attached hydrogen (secondary N) is 1.